The maximum absolute atomic E-state index is 13.9. The number of carboxylic acid groups (broad SMARTS) is 1. The monoisotopic (exact) mass is 642 g/mol. The number of halogens is 6. The van der Waals surface area contributed by atoms with Gasteiger partial charge in [-0.2, -0.15) is 43.8 Å². The van der Waals surface area contributed by atoms with E-state index in [1.54, 1.807) is 18.2 Å². The van der Waals surface area contributed by atoms with E-state index in [4.69, 9.17) is 9.84 Å². The number of nitrogens with zero attached hydrogens (tertiary/aromatic N) is 1. The molecule has 2 aliphatic heterocycles. The zero-order valence-electron chi connectivity index (χ0n) is 23.5. The normalized spacial score (nSPS) is 21.8. The molecule has 3 aromatic carbocycles. The first-order valence-electron chi connectivity index (χ1n) is 13.6. The maximum atomic E-state index is 13.9. The molecule has 0 radical (unpaired) electrons. The Hall–Kier alpha value is -3.62. The zero-order valence-corrected chi connectivity index (χ0v) is 24.3. The molecular formula is C30H28F6N2O5S. The molecule has 3 atom stereocenters. The molecule has 0 aromatic heterocycles. The highest BCUT2D eigenvalue weighted by atomic mass is 32.2. The van der Waals surface area contributed by atoms with Gasteiger partial charge in [0.1, 0.15) is 5.75 Å². The van der Waals surface area contributed by atoms with Gasteiger partial charge in [0.2, 0.25) is 0 Å². The number of hydrogen-bond acceptors (Lipinski definition) is 4. The first-order valence-corrected chi connectivity index (χ1v) is 15.0. The number of carboxylic acids is 1. The summed E-state index contributed by atoms with van der Waals surface area (Å²) in [6.45, 7) is 1.46. The standard InChI is InChI=1S/C30H28F6N2O5S/c1-16-11-18(14-20(12-16)30(34,35)36)28-25-8-7-24(38(25)44(41,42)37-28)22-15-19(29(31,32)33)5-6-21(22)23-13-17(4-10-27(39)40)3-9-26(23)43-2/h3,5-6,9,11-15,24-25,28,37H,4,7-8,10H2,1-2H3,(H,39,40). The average molecular weight is 643 g/mol. The molecular weight excluding hydrogens is 614 g/mol. The third kappa shape index (κ3) is 6.15. The van der Waals surface area contributed by atoms with E-state index in [-0.39, 0.29) is 53.7 Å². The molecule has 5 rings (SSSR count). The minimum atomic E-state index is -4.75. The van der Waals surface area contributed by atoms with Gasteiger partial charge in [-0.15, -0.1) is 0 Å². The number of aryl methyl sites for hydroxylation is 2. The van der Waals surface area contributed by atoms with E-state index in [9.17, 15) is 39.6 Å². The summed E-state index contributed by atoms with van der Waals surface area (Å²) < 4.78 is 119. The Kier molecular flexibility index (Phi) is 8.23. The van der Waals surface area contributed by atoms with Gasteiger partial charge in [-0.3, -0.25) is 4.79 Å². The summed E-state index contributed by atoms with van der Waals surface area (Å²) in [5.41, 5.74) is -0.340. The smallest absolute Gasteiger partial charge is 0.416 e. The summed E-state index contributed by atoms with van der Waals surface area (Å²) >= 11 is 0. The van der Waals surface area contributed by atoms with Crippen LogP contribution in [-0.2, 0) is 33.8 Å². The number of hydrogen-bond donors (Lipinski definition) is 2. The summed E-state index contributed by atoms with van der Waals surface area (Å²) in [5.74, 6) is -0.758. The number of nitrogens with one attached hydrogen (secondary N) is 1. The van der Waals surface area contributed by atoms with Crippen molar-refractivity contribution in [2.45, 2.75) is 63.1 Å². The lowest BCUT2D eigenvalue weighted by Crippen LogP contribution is -2.33. The molecule has 0 amide bonds. The molecule has 0 bridgehead atoms. The van der Waals surface area contributed by atoms with Crippen molar-refractivity contribution >= 4 is 16.2 Å². The molecule has 2 fully saturated rings. The van der Waals surface area contributed by atoms with Gasteiger partial charge in [0.15, 0.2) is 0 Å². The summed E-state index contributed by atoms with van der Waals surface area (Å²) in [4.78, 5) is 11.1. The highest BCUT2D eigenvalue weighted by Crippen LogP contribution is 2.51. The maximum Gasteiger partial charge on any atom is 0.416 e. The van der Waals surface area contributed by atoms with Crippen molar-refractivity contribution in [3.05, 3.63) is 88.0 Å². The van der Waals surface area contributed by atoms with Crippen LogP contribution in [0.4, 0.5) is 26.3 Å². The van der Waals surface area contributed by atoms with Crippen molar-refractivity contribution in [3.63, 3.8) is 0 Å². The van der Waals surface area contributed by atoms with E-state index < -0.39 is 57.8 Å². The molecule has 0 saturated carbocycles. The minimum absolute atomic E-state index is 0.0438. The van der Waals surface area contributed by atoms with Gasteiger partial charge in [0.25, 0.3) is 10.2 Å². The number of alkyl halides is 6. The molecule has 44 heavy (non-hydrogen) atoms. The number of carbonyl (C=O) groups is 1. The van der Waals surface area contributed by atoms with Crippen LogP contribution in [0.2, 0.25) is 0 Å². The number of fused-ring (bicyclic) bond motifs is 1. The van der Waals surface area contributed by atoms with Crippen LogP contribution in [0.15, 0.2) is 54.6 Å². The molecule has 236 valence electrons. The van der Waals surface area contributed by atoms with Gasteiger partial charge >= 0.3 is 18.3 Å². The molecule has 2 saturated heterocycles. The fraction of sp³-hybridized carbons (Fsp3) is 0.367. The summed E-state index contributed by atoms with van der Waals surface area (Å²) in [7, 11) is -2.98. The van der Waals surface area contributed by atoms with Crippen molar-refractivity contribution in [2.75, 3.05) is 7.11 Å². The predicted molar refractivity (Wildman–Crippen MR) is 148 cm³/mol. The van der Waals surface area contributed by atoms with Gasteiger partial charge in [-0.05, 0) is 84.8 Å². The Balaban J connectivity index is 1.63. The number of aliphatic carboxylic acids is 1. The second-order valence-electron chi connectivity index (χ2n) is 10.9. The highest BCUT2D eigenvalue weighted by Gasteiger charge is 2.53. The summed E-state index contributed by atoms with van der Waals surface area (Å²) in [6.07, 6.45) is -9.20. The quantitative estimate of drug-likeness (QED) is 0.276. The number of rotatable bonds is 7. The number of benzene rings is 3. The number of methoxy groups -OCH3 is 1. The van der Waals surface area contributed by atoms with Crippen LogP contribution >= 0.6 is 0 Å². The van der Waals surface area contributed by atoms with Crippen LogP contribution < -0.4 is 9.46 Å². The minimum Gasteiger partial charge on any atom is -0.496 e. The van der Waals surface area contributed by atoms with Crippen LogP contribution in [-0.4, -0.2) is 37.0 Å². The first kappa shape index (κ1) is 31.8. The van der Waals surface area contributed by atoms with E-state index in [2.05, 4.69) is 4.72 Å². The van der Waals surface area contributed by atoms with E-state index >= 15 is 0 Å². The van der Waals surface area contributed by atoms with E-state index in [1.165, 1.54) is 26.2 Å². The van der Waals surface area contributed by atoms with Crippen LogP contribution in [0, 0.1) is 6.92 Å². The van der Waals surface area contributed by atoms with Gasteiger partial charge in [0, 0.05) is 18.0 Å². The molecule has 2 N–H and O–H groups in total. The predicted octanol–water partition coefficient (Wildman–Crippen LogP) is 6.82. The van der Waals surface area contributed by atoms with Gasteiger partial charge in [-0.25, -0.2) is 0 Å². The van der Waals surface area contributed by atoms with E-state index in [0.717, 1.165) is 28.6 Å². The molecule has 3 unspecified atom stereocenters. The fourth-order valence-electron chi connectivity index (χ4n) is 6.14. The van der Waals surface area contributed by atoms with Crippen molar-refractivity contribution in [1.29, 1.82) is 0 Å². The highest BCUT2D eigenvalue weighted by molar-refractivity contribution is 7.87. The molecule has 0 spiro atoms. The zero-order chi connectivity index (χ0) is 32.2. The summed E-state index contributed by atoms with van der Waals surface area (Å²) in [5, 5.41) is 9.11. The number of ether oxygens (including phenoxy) is 1. The van der Waals surface area contributed by atoms with Gasteiger partial charge < -0.3 is 9.84 Å². The average Bonchev–Trinajstić information content (AvgIpc) is 3.49. The van der Waals surface area contributed by atoms with Crippen LogP contribution in [0.3, 0.4) is 0 Å². The Morgan fingerprint density at radius 3 is 2.30 bits per heavy atom. The second-order valence-corrected chi connectivity index (χ2v) is 12.6. The van der Waals surface area contributed by atoms with Crippen LogP contribution in [0.25, 0.3) is 11.1 Å². The van der Waals surface area contributed by atoms with Crippen molar-refractivity contribution in [1.82, 2.24) is 9.03 Å². The van der Waals surface area contributed by atoms with Crippen molar-refractivity contribution in [2.24, 2.45) is 0 Å². The van der Waals surface area contributed by atoms with Crippen molar-refractivity contribution in [3.8, 4) is 16.9 Å². The van der Waals surface area contributed by atoms with E-state index in [1.807, 2.05) is 0 Å². The van der Waals surface area contributed by atoms with Crippen molar-refractivity contribution < 1.29 is 49.4 Å². The van der Waals surface area contributed by atoms with Crippen LogP contribution in [0.1, 0.15) is 64.7 Å². The fourth-order valence-corrected chi connectivity index (χ4v) is 8.02. The van der Waals surface area contributed by atoms with E-state index in [0.29, 0.717) is 11.1 Å². The molecule has 14 heteroatoms. The lowest BCUT2D eigenvalue weighted by atomic mass is 9.90. The second kappa shape index (κ2) is 11.4. The van der Waals surface area contributed by atoms with Crippen LogP contribution in [0.5, 0.6) is 5.75 Å². The Morgan fingerprint density at radius 1 is 0.955 bits per heavy atom. The molecule has 0 aliphatic carbocycles. The topological polar surface area (TPSA) is 95.9 Å². The Bertz CT molecular complexity index is 1710. The molecule has 7 nitrogen and oxygen atoms in total. The first-order chi connectivity index (χ1) is 20.5. The Morgan fingerprint density at radius 2 is 1.66 bits per heavy atom. The molecule has 2 heterocycles. The lowest BCUT2D eigenvalue weighted by molar-refractivity contribution is -0.138. The van der Waals surface area contributed by atoms with Gasteiger partial charge in [0.05, 0.1) is 30.3 Å². The largest absolute Gasteiger partial charge is 0.496 e. The molecule has 3 aromatic rings. The SMILES string of the molecule is COc1ccc(CCC(=O)O)cc1-c1ccc(C(F)(F)F)cc1C1CCC2C(c3cc(C)cc(C(F)(F)F)c3)NS(=O)(=O)N12. The molecule has 2 aliphatic rings. The van der Waals surface area contributed by atoms with Gasteiger partial charge in [-0.1, -0.05) is 23.8 Å². The Labute approximate surface area is 249 Å². The third-order valence-electron chi connectivity index (χ3n) is 8.01. The summed E-state index contributed by atoms with van der Waals surface area (Å²) in [6, 6.07) is 8.09. The third-order valence-corrected chi connectivity index (χ3v) is 9.65. The lowest BCUT2D eigenvalue weighted by Gasteiger charge is -2.26.